The van der Waals surface area contributed by atoms with Crippen molar-refractivity contribution in [2.24, 2.45) is 0 Å². The Bertz CT molecular complexity index is 3360. The van der Waals surface area contributed by atoms with E-state index in [1.54, 1.807) is 0 Å². The Kier molecular flexibility index (Phi) is 8.83. The standard InChI is InChI=1S/C57H37N3/c1-2-13-38(14-3-1)39-27-29-42(30-28-39)55-58-56(60-57(59-55)54-24-9-8-23-53(54)52-26-12-18-41-16-5-7-22-50(41)52)48-20-10-19-43(37-48)44-31-32-46-36-47(34-33-45(46)35-44)51-25-11-17-40-15-4-6-21-49(40)51/h1-37H. The molecule has 11 aromatic rings. The molecule has 0 bridgehead atoms. The Morgan fingerprint density at radius 2 is 0.633 bits per heavy atom. The molecular weight excluding hydrogens is 727 g/mol. The minimum atomic E-state index is 0.622. The van der Waals surface area contributed by atoms with Gasteiger partial charge in [0.1, 0.15) is 0 Å². The Balaban J connectivity index is 1.01. The van der Waals surface area contributed by atoms with Crippen LogP contribution in [0.25, 0.3) is 111 Å². The van der Waals surface area contributed by atoms with Crippen LogP contribution in [-0.4, -0.2) is 15.0 Å². The number of aromatic nitrogens is 3. The van der Waals surface area contributed by atoms with Gasteiger partial charge in [0.2, 0.25) is 0 Å². The van der Waals surface area contributed by atoms with Gasteiger partial charge >= 0.3 is 0 Å². The van der Waals surface area contributed by atoms with Crippen LogP contribution in [0.1, 0.15) is 0 Å². The summed E-state index contributed by atoms with van der Waals surface area (Å²) in [5, 5.41) is 7.28. The molecule has 0 saturated heterocycles. The summed E-state index contributed by atoms with van der Waals surface area (Å²) in [6, 6.07) is 79.5. The Labute approximate surface area is 349 Å². The van der Waals surface area contributed by atoms with Crippen molar-refractivity contribution in [1.82, 2.24) is 15.0 Å². The molecule has 0 unspecified atom stereocenters. The highest BCUT2D eigenvalue weighted by molar-refractivity contribution is 6.01. The largest absolute Gasteiger partial charge is 0.208 e. The van der Waals surface area contributed by atoms with E-state index < -0.39 is 0 Å². The van der Waals surface area contributed by atoms with Crippen LogP contribution in [0.15, 0.2) is 224 Å². The predicted molar refractivity (Wildman–Crippen MR) is 250 cm³/mol. The number of hydrogen-bond donors (Lipinski definition) is 0. The van der Waals surface area contributed by atoms with E-state index in [2.05, 4.69) is 218 Å². The number of hydrogen-bond acceptors (Lipinski definition) is 3. The van der Waals surface area contributed by atoms with Crippen LogP contribution < -0.4 is 0 Å². The van der Waals surface area contributed by atoms with Gasteiger partial charge in [0, 0.05) is 16.7 Å². The average Bonchev–Trinajstić information content (AvgIpc) is 3.33. The first-order valence-electron chi connectivity index (χ1n) is 20.3. The highest BCUT2D eigenvalue weighted by Crippen LogP contribution is 2.38. The van der Waals surface area contributed by atoms with E-state index >= 15 is 0 Å². The van der Waals surface area contributed by atoms with Crippen LogP contribution in [0.3, 0.4) is 0 Å². The maximum atomic E-state index is 5.25. The van der Waals surface area contributed by atoms with Gasteiger partial charge in [-0.3, -0.25) is 0 Å². The van der Waals surface area contributed by atoms with E-state index in [4.69, 9.17) is 15.0 Å². The maximum Gasteiger partial charge on any atom is 0.164 e. The van der Waals surface area contributed by atoms with E-state index in [1.807, 2.05) is 6.07 Å². The normalized spacial score (nSPS) is 11.3. The van der Waals surface area contributed by atoms with Gasteiger partial charge in [-0.1, -0.05) is 206 Å². The van der Waals surface area contributed by atoms with E-state index in [0.717, 1.165) is 44.5 Å². The van der Waals surface area contributed by atoms with Gasteiger partial charge in [0.15, 0.2) is 17.5 Å². The third kappa shape index (κ3) is 6.58. The Morgan fingerprint density at radius 1 is 0.200 bits per heavy atom. The second kappa shape index (κ2) is 15.1. The highest BCUT2D eigenvalue weighted by atomic mass is 15.0. The minimum absolute atomic E-state index is 0.622. The molecule has 0 spiro atoms. The zero-order valence-electron chi connectivity index (χ0n) is 32.7. The Hall–Kier alpha value is -8.01. The minimum Gasteiger partial charge on any atom is -0.208 e. The summed E-state index contributed by atoms with van der Waals surface area (Å²) in [6.07, 6.45) is 0. The van der Waals surface area contributed by atoms with Gasteiger partial charge in [-0.25, -0.2) is 15.0 Å². The molecule has 0 aliphatic rings. The summed E-state index contributed by atoms with van der Waals surface area (Å²) < 4.78 is 0. The van der Waals surface area contributed by atoms with E-state index in [-0.39, 0.29) is 0 Å². The van der Waals surface area contributed by atoms with Crippen molar-refractivity contribution < 1.29 is 0 Å². The van der Waals surface area contributed by atoms with Gasteiger partial charge in [-0.15, -0.1) is 0 Å². The third-order valence-electron chi connectivity index (χ3n) is 11.5. The summed E-state index contributed by atoms with van der Waals surface area (Å²) >= 11 is 0. The first-order chi connectivity index (χ1) is 29.7. The van der Waals surface area contributed by atoms with Crippen molar-refractivity contribution in [2.75, 3.05) is 0 Å². The second-order valence-corrected chi connectivity index (χ2v) is 15.2. The van der Waals surface area contributed by atoms with Crippen molar-refractivity contribution in [1.29, 1.82) is 0 Å². The number of fused-ring (bicyclic) bond motifs is 3. The fraction of sp³-hybridized carbons (Fsp3) is 0. The quantitative estimate of drug-likeness (QED) is 0.162. The van der Waals surface area contributed by atoms with Crippen LogP contribution in [-0.2, 0) is 0 Å². The van der Waals surface area contributed by atoms with E-state index in [9.17, 15) is 0 Å². The van der Waals surface area contributed by atoms with E-state index in [0.29, 0.717) is 17.5 Å². The first-order valence-corrected chi connectivity index (χ1v) is 20.3. The maximum absolute atomic E-state index is 5.25. The van der Waals surface area contributed by atoms with Crippen LogP contribution in [0, 0.1) is 0 Å². The Morgan fingerprint density at radius 3 is 1.38 bits per heavy atom. The molecule has 1 aromatic heterocycles. The topological polar surface area (TPSA) is 38.7 Å². The van der Waals surface area contributed by atoms with Gasteiger partial charge in [0.25, 0.3) is 0 Å². The zero-order chi connectivity index (χ0) is 39.8. The van der Waals surface area contributed by atoms with Gasteiger partial charge in [-0.2, -0.15) is 0 Å². The van der Waals surface area contributed by atoms with Crippen molar-refractivity contribution in [2.45, 2.75) is 0 Å². The zero-order valence-corrected chi connectivity index (χ0v) is 32.7. The lowest BCUT2D eigenvalue weighted by Gasteiger charge is -2.14. The summed E-state index contributed by atoms with van der Waals surface area (Å²) in [5.41, 5.74) is 12.0. The molecule has 0 N–H and O–H groups in total. The lowest BCUT2D eigenvalue weighted by molar-refractivity contribution is 1.07. The molecular formula is C57H37N3. The van der Waals surface area contributed by atoms with Crippen LogP contribution in [0.4, 0.5) is 0 Å². The number of rotatable bonds is 7. The van der Waals surface area contributed by atoms with Crippen molar-refractivity contribution in [3.63, 3.8) is 0 Å². The molecule has 0 amide bonds. The van der Waals surface area contributed by atoms with Gasteiger partial charge in [-0.05, 0) is 95.0 Å². The van der Waals surface area contributed by atoms with Gasteiger partial charge < -0.3 is 0 Å². The van der Waals surface area contributed by atoms with Crippen molar-refractivity contribution >= 4 is 32.3 Å². The van der Waals surface area contributed by atoms with Crippen LogP contribution in [0.5, 0.6) is 0 Å². The fourth-order valence-electron chi connectivity index (χ4n) is 8.48. The summed E-state index contributed by atoms with van der Waals surface area (Å²) in [6.45, 7) is 0. The molecule has 280 valence electrons. The molecule has 1 heterocycles. The summed E-state index contributed by atoms with van der Waals surface area (Å²) in [7, 11) is 0. The number of benzene rings is 10. The molecule has 3 nitrogen and oxygen atoms in total. The van der Waals surface area contributed by atoms with Crippen LogP contribution >= 0.6 is 0 Å². The molecule has 10 aromatic carbocycles. The van der Waals surface area contributed by atoms with Gasteiger partial charge in [0.05, 0.1) is 0 Å². The molecule has 3 heteroatoms. The van der Waals surface area contributed by atoms with Crippen molar-refractivity contribution in [3.05, 3.63) is 224 Å². The second-order valence-electron chi connectivity index (χ2n) is 15.2. The highest BCUT2D eigenvalue weighted by Gasteiger charge is 2.17. The fourth-order valence-corrected chi connectivity index (χ4v) is 8.48. The van der Waals surface area contributed by atoms with E-state index in [1.165, 1.54) is 49.0 Å². The molecule has 0 atom stereocenters. The summed E-state index contributed by atoms with van der Waals surface area (Å²) in [5.74, 6) is 1.88. The molecule has 0 radical (unpaired) electrons. The molecule has 60 heavy (non-hydrogen) atoms. The first kappa shape index (κ1) is 35.2. The molecule has 11 rings (SSSR count). The SMILES string of the molecule is c1ccc(-c2ccc(-c3nc(-c4cccc(-c5ccc6cc(-c7cccc8ccccc78)ccc6c5)c4)nc(-c4ccccc4-c4cccc5ccccc45)n3)cc2)cc1. The average molecular weight is 764 g/mol. The van der Waals surface area contributed by atoms with Crippen molar-refractivity contribution in [3.8, 4) is 78.7 Å². The lowest BCUT2D eigenvalue weighted by Crippen LogP contribution is -2.01. The van der Waals surface area contributed by atoms with Crippen LogP contribution in [0.2, 0.25) is 0 Å². The molecule has 0 aliphatic carbocycles. The lowest BCUT2D eigenvalue weighted by atomic mass is 9.94. The molecule has 0 saturated carbocycles. The molecule has 0 aliphatic heterocycles. The number of nitrogens with zero attached hydrogens (tertiary/aromatic N) is 3. The third-order valence-corrected chi connectivity index (χ3v) is 11.5. The summed E-state index contributed by atoms with van der Waals surface area (Å²) in [4.78, 5) is 15.6. The monoisotopic (exact) mass is 763 g/mol. The smallest absolute Gasteiger partial charge is 0.164 e. The molecule has 0 fully saturated rings. The predicted octanol–water partition coefficient (Wildman–Crippen LogP) is 15.0.